The standard InChI is InChI=1S/C40H24/c1-3-14-28-25(11-1)27-13-5-7-17-31(27)36-32(28)19-20-35-38(36)40-23-10-9-22-39(35,40)24-21-34-30-16-4-2-12-26(30)29-15-6-8-18-33(29)37(34)40/h1-24H. The molecule has 0 saturated heterocycles. The van der Waals surface area contributed by atoms with Crippen LogP contribution in [-0.4, -0.2) is 0 Å². The summed E-state index contributed by atoms with van der Waals surface area (Å²) in [5.41, 5.74) is 5.23. The zero-order chi connectivity index (χ0) is 26.1. The Morgan fingerprint density at radius 1 is 0.375 bits per heavy atom. The van der Waals surface area contributed by atoms with E-state index in [0.29, 0.717) is 0 Å². The van der Waals surface area contributed by atoms with Gasteiger partial charge in [0.15, 0.2) is 0 Å². The van der Waals surface area contributed by atoms with Gasteiger partial charge in [-0.05, 0) is 76.1 Å². The molecule has 10 rings (SSSR count). The molecule has 40 heavy (non-hydrogen) atoms. The van der Waals surface area contributed by atoms with Gasteiger partial charge < -0.3 is 0 Å². The number of hydrogen-bond acceptors (Lipinski definition) is 0. The average Bonchev–Trinajstić information content (AvgIpc) is 3.03. The van der Waals surface area contributed by atoms with Crippen LogP contribution in [0.1, 0.15) is 22.3 Å². The van der Waals surface area contributed by atoms with Crippen molar-refractivity contribution in [2.75, 3.05) is 0 Å². The Hall–Kier alpha value is -4.94. The molecule has 184 valence electrons. The lowest BCUT2D eigenvalue weighted by atomic mass is 9.40. The van der Waals surface area contributed by atoms with Gasteiger partial charge in [0.1, 0.15) is 0 Å². The number of benzene rings is 7. The van der Waals surface area contributed by atoms with Crippen molar-refractivity contribution in [1.82, 2.24) is 0 Å². The second kappa shape index (κ2) is 6.97. The lowest BCUT2D eigenvalue weighted by Gasteiger charge is -2.61. The molecular formula is C40H24. The van der Waals surface area contributed by atoms with Crippen LogP contribution >= 0.6 is 0 Å². The van der Waals surface area contributed by atoms with Crippen molar-refractivity contribution in [2.24, 2.45) is 0 Å². The van der Waals surface area contributed by atoms with Crippen molar-refractivity contribution < 1.29 is 0 Å². The largest absolute Gasteiger partial charge is 0.0687 e. The first-order chi connectivity index (χ1) is 19.8. The van der Waals surface area contributed by atoms with Crippen molar-refractivity contribution in [3.63, 3.8) is 0 Å². The topological polar surface area (TPSA) is 0 Å². The maximum Gasteiger partial charge on any atom is 0.0573 e. The van der Waals surface area contributed by atoms with Crippen LogP contribution in [-0.2, 0) is 10.8 Å². The number of hydrogen-bond donors (Lipinski definition) is 0. The van der Waals surface area contributed by atoms with Gasteiger partial charge >= 0.3 is 0 Å². The summed E-state index contributed by atoms with van der Waals surface area (Å²) < 4.78 is 0. The molecule has 0 heterocycles. The van der Waals surface area contributed by atoms with E-state index in [1.807, 2.05) is 0 Å². The van der Waals surface area contributed by atoms with Crippen molar-refractivity contribution in [3.05, 3.63) is 162 Å². The zero-order valence-corrected chi connectivity index (χ0v) is 21.9. The molecule has 0 nitrogen and oxygen atoms in total. The fourth-order valence-electron chi connectivity index (χ4n) is 8.63. The van der Waals surface area contributed by atoms with E-state index >= 15 is 0 Å². The molecule has 0 bridgehead atoms. The molecule has 0 aliphatic heterocycles. The Kier molecular flexibility index (Phi) is 3.65. The monoisotopic (exact) mass is 504 g/mol. The van der Waals surface area contributed by atoms with Gasteiger partial charge in [-0.2, -0.15) is 0 Å². The van der Waals surface area contributed by atoms with Gasteiger partial charge in [-0.25, -0.2) is 0 Å². The molecule has 2 atom stereocenters. The zero-order valence-electron chi connectivity index (χ0n) is 21.9. The molecule has 0 radical (unpaired) electrons. The van der Waals surface area contributed by atoms with Crippen LogP contribution < -0.4 is 0 Å². The van der Waals surface area contributed by atoms with E-state index in [-0.39, 0.29) is 10.8 Å². The smallest absolute Gasteiger partial charge is 0.0573 e. The minimum absolute atomic E-state index is 0.198. The van der Waals surface area contributed by atoms with Gasteiger partial charge in [-0.1, -0.05) is 146 Å². The van der Waals surface area contributed by atoms with Crippen molar-refractivity contribution in [2.45, 2.75) is 10.8 Å². The third kappa shape index (κ3) is 2.14. The van der Waals surface area contributed by atoms with Crippen LogP contribution in [0.2, 0.25) is 0 Å². The number of allylic oxidation sites excluding steroid dienone is 5. The Bertz CT molecular complexity index is 2350. The predicted molar refractivity (Wildman–Crippen MR) is 170 cm³/mol. The highest BCUT2D eigenvalue weighted by Crippen LogP contribution is 2.69. The van der Waals surface area contributed by atoms with E-state index in [9.17, 15) is 0 Å². The van der Waals surface area contributed by atoms with E-state index in [4.69, 9.17) is 0 Å². The number of rotatable bonds is 0. The maximum absolute atomic E-state index is 2.52. The summed E-state index contributed by atoms with van der Waals surface area (Å²) in [6.07, 6.45) is 14.4. The fraction of sp³-hybridized carbons (Fsp3) is 0.0500. The van der Waals surface area contributed by atoms with Crippen LogP contribution in [0, 0.1) is 0 Å². The molecule has 0 aromatic heterocycles. The molecule has 7 aromatic rings. The summed E-state index contributed by atoms with van der Waals surface area (Å²) in [4.78, 5) is 0. The first-order valence-electron chi connectivity index (χ1n) is 14.2. The van der Waals surface area contributed by atoms with Crippen LogP contribution in [0.5, 0.6) is 0 Å². The highest BCUT2D eigenvalue weighted by atomic mass is 14.6. The van der Waals surface area contributed by atoms with Crippen molar-refractivity contribution >= 4 is 59.9 Å². The Balaban J connectivity index is 1.49. The molecule has 0 heteroatoms. The molecule has 0 saturated carbocycles. The minimum atomic E-state index is -0.282. The molecule has 0 fully saturated rings. The summed E-state index contributed by atoms with van der Waals surface area (Å²) in [6.45, 7) is 0. The van der Waals surface area contributed by atoms with E-state index in [0.717, 1.165) is 0 Å². The molecular weight excluding hydrogens is 480 g/mol. The minimum Gasteiger partial charge on any atom is -0.0687 e. The average molecular weight is 505 g/mol. The third-order valence-electron chi connectivity index (χ3n) is 10.1. The van der Waals surface area contributed by atoms with Crippen molar-refractivity contribution in [3.8, 4) is 0 Å². The Labute approximate surface area is 232 Å². The van der Waals surface area contributed by atoms with Gasteiger partial charge in [0.25, 0.3) is 0 Å². The second-order valence-electron chi connectivity index (χ2n) is 11.6. The normalized spacial score (nSPS) is 21.9. The van der Waals surface area contributed by atoms with E-state index in [1.165, 1.54) is 76.1 Å². The molecule has 3 aliphatic carbocycles. The quantitative estimate of drug-likeness (QED) is 0.180. The first kappa shape index (κ1) is 21.0. The van der Waals surface area contributed by atoms with Gasteiger partial charge in [-0.15, -0.1) is 0 Å². The summed E-state index contributed by atoms with van der Waals surface area (Å²) in [6, 6.07) is 40.7. The lowest BCUT2D eigenvalue weighted by Crippen LogP contribution is -2.58. The SMILES string of the molecule is C1=CC23C=Cc4c(c5ccccc5c5ccccc45)C2(C=C1)c1c3ccc2c3ccccc3c3ccccc3c12. The van der Waals surface area contributed by atoms with Gasteiger partial charge in [-0.3, -0.25) is 0 Å². The predicted octanol–water partition coefficient (Wildman–Crippen LogP) is 10.1. The Morgan fingerprint density at radius 3 is 1.57 bits per heavy atom. The third-order valence-corrected chi connectivity index (χ3v) is 10.1. The molecule has 0 amide bonds. The van der Waals surface area contributed by atoms with Crippen LogP contribution in [0.25, 0.3) is 59.9 Å². The van der Waals surface area contributed by atoms with E-state index < -0.39 is 0 Å². The molecule has 2 unspecified atom stereocenters. The van der Waals surface area contributed by atoms with E-state index in [1.54, 1.807) is 0 Å². The summed E-state index contributed by atoms with van der Waals surface area (Å²) in [5, 5.41) is 13.4. The fourth-order valence-corrected chi connectivity index (χ4v) is 8.63. The summed E-state index contributed by atoms with van der Waals surface area (Å²) in [7, 11) is 0. The van der Waals surface area contributed by atoms with Gasteiger partial charge in [0, 0.05) is 5.41 Å². The van der Waals surface area contributed by atoms with Crippen LogP contribution in [0.15, 0.2) is 140 Å². The highest BCUT2D eigenvalue weighted by Gasteiger charge is 2.63. The second-order valence-corrected chi connectivity index (χ2v) is 11.6. The maximum atomic E-state index is 2.52. The molecule has 0 N–H and O–H groups in total. The highest BCUT2D eigenvalue weighted by molar-refractivity contribution is 6.27. The number of fused-ring (bicyclic) bond motifs is 14. The lowest BCUT2D eigenvalue weighted by molar-refractivity contribution is 0.390. The summed E-state index contributed by atoms with van der Waals surface area (Å²) >= 11 is 0. The van der Waals surface area contributed by atoms with Crippen LogP contribution in [0.4, 0.5) is 0 Å². The van der Waals surface area contributed by atoms with Gasteiger partial charge in [0.05, 0.1) is 5.41 Å². The Morgan fingerprint density at radius 2 is 0.875 bits per heavy atom. The van der Waals surface area contributed by atoms with E-state index in [2.05, 4.69) is 146 Å². The van der Waals surface area contributed by atoms with Gasteiger partial charge in [0.2, 0.25) is 0 Å². The van der Waals surface area contributed by atoms with Crippen LogP contribution in [0.3, 0.4) is 0 Å². The van der Waals surface area contributed by atoms with Crippen molar-refractivity contribution in [1.29, 1.82) is 0 Å². The summed E-state index contributed by atoms with van der Waals surface area (Å²) in [5.74, 6) is 0. The molecule has 7 aromatic carbocycles. The first-order valence-corrected chi connectivity index (χ1v) is 14.2. The molecule has 3 aliphatic rings. The molecule has 0 spiro atoms.